The van der Waals surface area contributed by atoms with Crippen LogP contribution in [0.4, 0.5) is 0 Å². The van der Waals surface area contributed by atoms with Crippen LogP contribution in [0.2, 0.25) is 0 Å². The summed E-state index contributed by atoms with van der Waals surface area (Å²) in [6.45, 7) is 14.5. The molecule has 0 amide bonds. The predicted octanol–water partition coefficient (Wildman–Crippen LogP) is 19.2. The van der Waals surface area contributed by atoms with Crippen LogP contribution in [0.25, 0.3) is 71.5 Å². The molecule has 6 aromatic carbocycles. The molecule has 3 heteroatoms. The molecule has 2 saturated carbocycles. The molecule has 8 aromatic rings. The van der Waals surface area contributed by atoms with Gasteiger partial charge in [-0.1, -0.05) is 141 Å². The maximum absolute atomic E-state index is 14.7. The summed E-state index contributed by atoms with van der Waals surface area (Å²) < 4.78 is 2.59. The number of carbonyl (C=O) groups excluding carboxylic acids is 2. The molecule has 0 saturated heterocycles. The fourth-order valence-corrected chi connectivity index (χ4v) is 17.3. The lowest BCUT2D eigenvalue weighted by molar-refractivity contribution is 0.0891. The first kappa shape index (κ1) is 46.0. The van der Waals surface area contributed by atoms with E-state index < -0.39 is 0 Å². The van der Waals surface area contributed by atoms with Crippen molar-refractivity contribution in [2.24, 2.45) is 23.7 Å². The second kappa shape index (κ2) is 17.0. The Kier molecular flexibility index (Phi) is 10.7. The Morgan fingerprint density at radius 3 is 1.73 bits per heavy atom. The van der Waals surface area contributed by atoms with Gasteiger partial charge in [-0.05, 0) is 197 Å². The molecule has 0 N–H and O–H groups in total. The normalized spacial score (nSPS) is 24.0. The third-order valence-electron chi connectivity index (χ3n) is 21.2. The van der Waals surface area contributed by atoms with Crippen LogP contribution < -0.4 is 0 Å². The van der Waals surface area contributed by atoms with Crippen molar-refractivity contribution in [3.05, 3.63) is 136 Å². The van der Waals surface area contributed by atoms with Gasteiger partial charge in [-0.2, -0.15) is 0 Å². The van der Waals surface area contributed by atoms with Crippen molar-refractivity contribution in [2.75, 3.05) is 0 Å². The van der Waals surface area contributed by atoms with E-state index in [4.69, 9.17) is 0 Å². The maximum atomic E-state index is 14.7. The Bertz CT molecular complexity index is 3580. The second-order valence-corrected chi connectivity index (χ2v) is 25.0. The van der Waals surface area contributed by atoms with Gasteiger partial charge in [0.25, 0.3) is 0 Å². The summed E-state index contributed by atoms with van der Waals surface area (Å²) in [6, 6.07) is 36.6. The molecule has 73 heavy (non-hydrogen) atoms. The summed E-state index contributed by atoms with van der Waals surface area (Å²) >= 11 is 0. The lowest BCUT2D eigenvalue weighted by Gasteiger charge is -2.43. The van der Waals surface area contributed by atoms with Crippen LogP contribution in [0.1, 0.15) is 223 Å². The van der Waals surface area contributed by atoms with Crippen molar-refractivity contribution in [3.63, 3.8) is 0 Å². The van der Waals surface area contributed by atoms with Crippen molar-refractivity contribution < 1.29 is 9.59 Å². The molecule has 2 aromatic heterocycles. The number of hydrogen-bond donors (Lipinski definition) is 0. The minimum Gasteiger partial charge on any atom is -0.308 e. The van der Waals surface area contributed by atoms with Crippen molar-refractivity contribution in [3.8, 4) is 33.4 Å². The van der Waals surface area contributed by atoms with E-state index in [1.807, 2.05) is 0 Å². The van der Waals surface area contributed by atoms with Gasteiger partial charge in [0.15, 0.2) is 11.6 Å². The van der Waals surface area contributed by atoms with E-state index in [1.54, 1.807) is 11.1 Å². The number of aromatic nitrogens is 1. The molecule has 0 aliphatic heterocycles. The van der Waals surface area contributed by atoms with Crippen LogP contribution in [-0.4, -0.2) is 16.0 Å². The van der Waals surface area contributed by atoms with Crippen LogP contribution >= 0.6 is 0 Å². The van der Waals surface area contributed by atoms with Gasteiger partial charge in [0.1, 0.15) is 0 Å². The fourth-order valence-electron chi connectivity index (χ4n) is 17.3. The molecule has 2 fully saturated rings. The van der Waals surface area contributed by atoms with E-state index in [9.17, 15) is 9.59 Å². The Morgan fingerprint density at radius 1 is 0.521 bits per heavy atom. The van der Waals surface area contributed by atoms with Crippen molar-refractivity contribution in [2.45, 2.75) is 180 Å². The van der Waals surface area contributed by atoms with Crippen molar-refractivity contribution in [1.82, 2.24) is 4.40 Å². The van der Waals surface area contributed by atoms with E-state index in [-0.39, 0.29) is 22.7 Å². The van der Waals surface area contributed by atoms with Crippen LogP contribution in [0.3, 0.4) is 0 Å². The molecular weight excluding hydrogens is 887 g/mol. The molecule has 8 aliphatic rings. The zero-order valence-corrected chi connectivity index (χ0v) is 44.6. The quantitative estimate of drug-likeness (QED) is 0.108. The van der Waals surface area contributed by atoms with Gasteiger partial charge in [-0.25, -0.2) is 0 Å². The van der Waals surface area contributed by atoms with Crippen LogP contribution in [0, 0.1) is 23.7 Å². The number of nitrogens with zero attached hydrogens (tertiary/aromatic N) is 1. The van der Waals surface area contributed by atoms with E-state index >= 15 is 0 Å². The summed E-state index contributed by atoms with van der Waals surface area (Å²) in [7, 11) is 0. The topological polar surface area (TPSA) is 38.5 Å². The first-order chi connectivity index (χ1) is 35.6. The molecule has 372 valence electrons. The molecule has 16 rings (SSSR count). The number of hydrogen-bond acceptors (Lipinski definition) is 2. The standard InChI is InChI=1S/C70H75NO2/c1-7-11-13-17-47(10-4)70(39-40(9-3)16-12-8-2)61-33-46(45-28-30-49-48-18-14-15-19-59(48)69(5,6)60(49)32-45)29-31-50(61)54-36-55-53-34-51-41-20-24-43(25-21-41)67(72)56(51)37-62(53)71-63-38-57-52(35-58(63)64(65(54)70)66(55)71)42-22-26-44(27-23-42)68(57)73/h14-15,18-19,28-38,40-44,47H,7-13,16-17,20-27,39H2,1-6H3. The Balaban J connectivity index is 1.10. The molecule has 3 atom stereocenters. The highest BCUT2D eigenvalue weighted by atomic mass is 16.1. The minimum absolute atomic E-state index is 0.0769. The summed E-state index contributed by atoms with van der Waals surface area (Å²) in [5, 5.41) is 5.37. The Labute approximate surface area is 433 Å². The summed E-state index contributed by atoms with van der Waals surface area (Å²) in [5.74, 6) is 2.85. The summed E-state index contributed by atoms with van der Waals surface area (Å²) in [6.07, 6.45) is 20.5. The number of carbonyl (C=O) groups is 2. The number of Topliss-reactive ketones (excluding diaryl/α,β-unsaturated/α-hetero) is 2. The van der Waals surface area contributed by atoms with E-state index in [2.05, 4.69) is 137 Å². The van der Waals surface area contributed by atoms with Gasteiger partial charge in [0.2, 0.25) is 0 Å². The second-order valence-electron chi connectivity index (χ2n) is 25.0. The lowest BCUT2D eigenvalue weighted by atomic mass is 9.60. The smallest absolute Gasteiger partial charge is 0.166 e. The van der Waals surface area contributed by atoms with Gasteiger partial charge < -0.3 is 4.40 Å². The molecule has 2 heterocycles. The molecule has 4 bridgehead atoms. The zero-order valence-electron chi connectivity index (χ0n) is 44.6. The highest BCUT2D eigenvalue weighted by molar-refractivity contribution is 6.28. The van der Waals surface area contributed by atoms with Gasteiger partial charge in [0.05, 0.1) is 16.6 Å². The predicted molar refractivity (Wildman–Crippen MR) is 304 cm³/mol. The monoisotopic (exact) mass is 962 g/mol. The van der Waals surface area contributed by atoms with Crippen LogP contribution in [0.15, 0.2) is 91.0 Å². The molecule has 8 aliphatic carbocycles. The highest BCUT2D eigenvalue weighted by Crippen LogP contribution is 2.64. The maximum Gasteiger partial charge on any atom is 0.166 e. The largest absolute Gasteiger partial charge is 0.308 e. The van der Waals surface area contributed by atoms with Gasteiger partial charge >= 0.3 is 0 Å². The average molecular weight is 962 g/mol. The molecular formula is C70H75NO2. The first-order valence-electron chi connectivity index (χ1n) is 29.5. The van der Waals surface area contributed by atoms with Gasteiger partial charge in [-0.15, -0.1) is 0 Å². The number of unbranched alkanes of at least 4 members (excludes halogenated alkanes) is 3. The fraction of sp³-hybridized carbons (Fsp3) is 0.457. The molecule has 3 unspecified atom stereocenters. The Morgan fingerprint density at radius 2 is 1.10 bits per heavy atom. The summed E-state index contributed by atoms with van der Waals surface area (Å²) in [5.41, 5.74) is 22.1. The van der Waals surface area contributed by atoms with Gasteiger partial charge in [0, 0.05) is 55.3 Å². The molecule has 0 radical (unpaired) electrons. The van der Waals surface area contributed by atoms with Crippen LogP contribution in [0.5, 0.6) is 0 Å². The minimum atomic E-state index is -0.233. The van der Waals surface area contributed by atoms with Crippen LogP contribution in [-0.2, 0) is 10.8 Å². The number of fused-ring (bicyclic) bond motifs is 17. The summed E-state index contributed by atoms with van der Waals surface area (Å²) in [4.78, 5) is 29.3. The first-order valence-corrected chi connectivity index (χ1v) is 29.5. The molecule has 0 spiro atoms. The lowest BCUT2D eigenvalue weighted by Crippen LogP contribution is -2.37. The Hall–Kier alpha value is -5.54. The number of rotatable bonds is 13. The molecule has 3 nitrogen and oxygen atoms in total. The average Bonchev–Trinajstić information content (AvgIpc) is 3.97. The number of benzene rings is 6. The third-order valence-corrected chi connectivity index (χ3v) is 21.2. The zero-order chi connectivity index (χ0) is 49.7. The van der Waals surface area contributed by atoms with E-state index in [0.717, 1.165) is 80.9 Å². The third kappa shape index (κ3) is 6.42. The van der Waals surface area contributed by atoms with E-state index in [0.29, 0.717) is 35.2 Å². The van der Waals surface area contributed by atoms with Gasteiger partial charge in [-0.3, -0.25) is 9.59 Å². The van der Waals surface area contributed by atoms with Crippen molar-refractivity contribution >= 4 is 49.7 Å². The SMILES string of the molecule is CCCCCC(CC)C1(CC(CC)CCCC)c2cc(-c3ccc4c(c3)C(C)(C)c3ccccc3-4)ccc2-c2cc3c4cc5c(cc4n4c6cc7c(cc6c(c21)c34)C1CCC(CC1)C7=O)C(=O)C1CCC5CC1. The number of ketones is 2. The van der Waals surface area contributed by atoms with E-state index in [1.165, 1.54) is 140 Å². The highest BCUT2D eigenvalue weighted by Gasteiger charge is 2.51. The van der Waals surface area contributed by atoms with Crippen molar-refractivity contribution in [1.29, 1.82) is 0 Å².